The summed E-state index contributed by atoms with van der Waals surface area (Å²) >= 11 is 0. The molecule has 4 N–H and O–H groups in total. The number of carbonyl (C=O) groups is 2. The van der Waals surface area contributed by atoms with Crippen molar-refractivity contribution in [2.75, 3.05) is 12.3 Å². The van der Waals surface area contributed by atoms with Gasteiger partial charge >= 0.3 is 12.1 Å². The lowest BCUT2D eigenvalue weighted by molar-refractivity contribution is -0.140. The van der Waals surface area contributed by atoms with Crippen molar-refractivity contribution in [2.45, 2.75) is 32.4 Å². The molecule has 0 saturated carbocycles. The van der Waals surface area contributed by atoms with E-state index in [9.17, 15) is 18.4 Å². The molecule has 0 spiro atoms. The number of halogens is 2. The molecule has 0 aliphatic heterocycles. The number of aliphatic carboxylic acids is 1. The summed E-state index contributed by atoms with van der Waals surface area (Å²) in [5.74, 6) is -3.74. The molecule has 0 saturated heterocycles. The zero-order valence-electron chi connectivity index (χ0n) is 12.9. The Kier molecular flexibility index (Phi) is 5.72. The first kappa shape index (κ1) is 18.5. The lowest BCUT2D eigenvalue weighted by Gasteiger charge is -2.22. The number of hydrogen-bond acceptors (Lipinski definition) is 5. The third kappa shape index (κ3) is 5.97. The Morgan fingerprint density at radius 1 is 1.35 bits per heavy atom. The van der Waals surface area contributed by atoms with E-state index in [4.69, 9.17) is 20.3 Å². The highest BCUT2D eigenvalue weighted by atomic mass is 19.1. The van der Waals surface area contributed by atoms with E-state index >= 15 is 0 Å². The van der Waals surface area contributed by atoms with Crippen LogP contribution in [0.3, 0.4) is 0 Å². The van der Waals surface area contributed by atoms with Crippen molar-refractivity contribution in [3.63, 3.8) is 0 Å². The van der Waals surface area contributed by atoms with Gasteiger partial charge < -0.3 is 25.6 Å². The van der Waals surface area contributed by atoms with Crippen molar-refractivity contribution in [1.29, 1.82) is 0 Å². The van der Waals surface area contributed by atoms with Gasteiger partial charge in [-0.05, 0) is 20.8 Å². The van der Waals surface area contributed by atoms with Crippen molar-refractivity contribution in [2.24, 2.45) is 0 Å². The van der Waals surface area contributed by atoms with Gasteiger partial charge in [-0.25, -0.2) is 18.4 Å². The summed E-state index contributed by atoms with van der Waals surface area (Å²) in [6.45, 7) is 4.22. The number of benzene rings is 1. The van der Waals surface area contributed by atoms with Crippen LogP contribution in [0.1, 0.15) is 20.8 Å². The Morgan fingerprint density at radius 2 is 1.96 bits per heavy atom. The van der Waals surface area contributed by atoms with Crippen LogP contribution in [0.4, 0.5) is 19.3 Å². The van der Waals surface area contributed by atoms with E-state index in [1.807, 2.05) is 0 Å². The number of nitrogen functional groups attached to an aromatic ring is 1. The molecule has 23 heavy (non-hydrogen) atoms. The molecule has 1 atom stereocenters. The summed E-state index contributed by atoms with van der Waals surface area (Å²) < 4.78 is 36.3. The molecule has 0 fully saturated rings. The third-order valence-electron chi connectivity index (χ3n) is 2.45. The van der Waals surface area contributed by atoms with Gasteiger partial charge in [0.25, 0.3) is 0 Å². The molecule has 1 rings (SSSR count). The maximum absolute atomic E-state index is 13.3. The van der Waals surface area contributed by atoms with Gasteiger partial charge in [0, 0.05) is 12.1 Å². The summed E-state index contributed by atoms with van der Waals surface area (Å²) in [6.07, 6.45) is -0.966. The predicted octanol–water partition coefficient (Wildman–Crippen LogP) is 1.90. The molecule has 0 aromatic heterocycles. The van der Waals surface area contributed by atoms with E-state index in [-0.39, 0.29) is 5.75 Å². The Morgan fingerprint density at radius 3 is 2.48 bits per heavy atom. The lowest BCUT2D eigenvalue weighted by Crippen LogP contribution is -2.46. The number of amides is 1. The minimum Gasteiger partial charge on any atom is -0.488 e. The number of nitrogens with two attached hydrogens (primary N) is 1. The second-order valence-electron chi connectivity index (χ2n) is 5.65. The average molecular weight is 332 g/mol. The van der Waals surface area contributed by atoms with Crippen LogP contribution in [-0.2, 0) is 9.53 Å². The molecule has 1 amide bonds. The topological polar surface area (TPSA) is 111 Å². The maximum Gasteiger partial charge on any atom is 0.408 e. The first-order chi connectivity index (χ1) is 10.5. The second kappa shape index (κ2) is 7.12. The van der Waals surface area contributed by atoms with Crippen molar-refractivity contribution >= 4 is 17.7 Å². The largest absolute Gasteiger partial charge is 0.488 e. The number of hydrogen-bond donors (Lipinski definition) is 3. The number of alkyl carbamates (subject to hydrolysis) is 1. The van der Waals surface area contributed by atoms with Crippen molar-refractivity contribution in [3.05, 3.63) is 23.8 Å². The van der Waals surface area contributed by atoms with Gasteiger partial charge in [-0.15, -0.1) is 0 Å². The van der Waals surface area contributed by atoms with Crippen LogP contribution in [0.5, 0.6) is 5.75 Å². The monoisotopic (exact) mass is 332 g/mol. The number of carboxylic acids is 1. The smallest absolute Gasteiger partial charge is 0.408 e. The number of carbonyl (C=O) groups excluding carboxylic acids is 1. The summed E-state index contributed by atoms with van der Waals surface area (Å²) in [6, 6.07) is -0.115. The van der Waals surface area contributed by atoms with E-state index in [0.717, 1.165) is 6.07 Å². The maximum atomic E-state index is 13.3. The van der Waals surface area contributed by atoms with Crippen molar-refractivity contribution < 1.29 is 33.0 Å². The zero-order chi connectivity index (χ0) is 17.8. The van der Waals surface area contributed by atoms with Gasteiger partial charge in [0.2, 0.25) is 0 Å². The van der Waals surface area contributed by atoms with Gasteiger partial charge in [-0.2, -0.15) is 0 Å². The number of anilines is 1. The van der Waals surface area contributed by atoms with Crippen LogP contribution in [0.25, 0.3) is 0 Å². The minimum absolute atomic E-state index is 0.361. The molecule has 128 valence electrons. The predicted molar refractivity (Wildman–Crippen MR) is 77.1 cm³/mol. The van der Waals surface area contributed by atoms with Crippen LogP contribution in [-0.4, -0.2) is 35.4 Å². The summed E-state index contributed by atoms with van der Waals surface area (Å²) in [4.78, 5) is 22.7. The molecule has 7 nitrogen and oxygen atoms in total. The first-order valence-electron chi connectivity index (χ1n) is 6.59. The molecule has 1 aromatic rings. The highest BCUT2D eigenvalue weighted by Crippen LogP contribution is 2.25. The van der Waals surface area contributed by atoms with E-state index < -0.39 is 47.6 Å². The molecule has 1 aromatic carbocycles. The second-order valence-corrected chi connectivity index (χ2v) is 5.65. The van der Waals surface area contributed by atoms with E-state index in [1.165, 1.54) is 0 Å². The quantitative estimate of drug-likeness (QED) is 0.710. The number of ether oxygens (including phenoxy) is 2. The highest BCUT2D eigenvalue weighted by Gasteiger charge is 2.25. The summed E-state index contributed by atoms with van der Waals surface area (Å²) in [7, 11) is 0. The summed E-state index contributed by atoms with van der Waals surface area (Å²) in [5.41, 5.74) is 4.09. The third-order valence-corrected chi connectivity index (χ3v) is 2.45. The van der Waals surface area contributed by atoms with E-state index in [1.54, 1.807) is 20.8 Å². The Labute approximate surface area is 131 Å². The fraction of sp³-hybridized carbons (Fsp3) is 0.429. The van der Waals surface area contributed by atoms with E-state index in [0.29, 0.717) is 6.07 Å². The Hall–Kier alpha value is -2.58. The average Bonchev–Trinajstić information content (AvgIpc) is 2.37. The van der Waals surface area contributed by atoms with Gasteiger partial charge in [0.1, 0.15) is 29.5 Å². The Balaban J connectivity index is 2.75. The van der Waals surface area contributed by atoms with Crippen LogP contribution < -0.4 is 15.8 Å². The normalized spacial score (nSPS) is 12.4. The highest BCUT2D eigenvalue weighted by molar-refractivity contribution is 5.80. The van der Waals surface area contributed by atoms with Gasteiger partial charge in [0.05, 0.1) is 0 Å². The van der Waals surface area contributed by atoms with Crippen molar-refractivity contribution in [3.8, 4) is 5.75 Å². The van der Waals surface area contributed by atoms with Gasteiger partial charge in [0.15, 0.2) is 11.9 Å². The molecule has 0 radical (unpaired) electrons. The molecule has 1 unspecified atom stereocenters. The fourth-order valence-electron chi connectivity index (χ4n) is 1.48. The number of nitrogens with one attached hydrogen (secondary N) is 1. The minimum atomic E-state index is -1.49. The molecule has 0 bridgehead atoms. The molecule has 0 heterocycles. The lowest BCUT2D eigenvalue weighted by atomic mass is 10.2. The first-order valence-corrected chi connectivity index (χ1v) is 6.59. The fourth-order valence-corrected chi connectivity index (χ4v) is 1.48. The zero-order valence-corrected chi connectivity index (χ0v) is 12.9. The van der Waals surface area contributed by atoms with E-state index in [2.05, 4.69) is 5.32 Å². The number of carboxylic acid groups (broad SMARTS) is 1. The number of rotatable bonds is 5. The summed E-state index contributed by atoms with van der Waals surface area (Å²) in [5, 5.41) is 11.1. The molecular weight excluding hydrogens is 314 g/mol. The molecule has 9 heteroatoms. The van der Waals surface area contributed by atoms with Gasteiger partial charge in [-0.1, -0.05) is 0 Å². The van der Waals surface area contributed by atoms with Crippen LogP contribution >= 0.6 is 0 Å². The van der Waals surface area contributed by atoms with Crippen LogP contribution in [0.2, 0.25) is 0 Å². The SMILES string of the molecule is CC(C)(C)OC(=O)NC(COc1cc(F)cc(F)c1N)C(=O)O. The van der Waals surface area contributed by atoms with Crippen molar-refractivity contribution in [1.82, 2.24) is 5.32 Å². The molecule has 0 aliphatic rings. The Bertz CT molecular complexity index is 602. The van der Waals surface area contributed by atoms with Crippen LogP contribution in [0.15, 0.2) is 12.1 Å². The molecule has 0 aliphatic carbocycles. The standard InChI is InChI=1S/C14H18F2N2O5/c1-14(2,3)23-13(21)18-9(12(19)20)6-22-10-5-7(15)4-8(16)11(10)17/h4-5,9H,6,17H2,1-3H3,(H,18,21)(H,19,20). The van der Waals surface area contributed by atoms with Crippen LogP contribution in [0, 0.1) is 11.6 Å². The van der Waals surface area contributed by atoms with Gasteiger partial charge in [-0.3, -0.25) is 0 Å². The molecular formula is C14H18F2N2O5.